The largest absolute Gasteiger partial charge is 1.00 e. The molecule has 0 unspecified atom stereocenters. The quantitative estimate of drug-likeness (QED) is 0.240. The van der Waals surface area contributed by atoms with Gasteiger partial charge in [-0.25, -0.2) is 0 Å². The van der Waals surface area contributed by atoms with Crippen LogP contribution in [0.4, 0.5) is 0 Å². The molecule has 0 aromatic heterocycles. The first-order chi connectivity index (χ1) is 15.3. The van der Waals surface area contributed by atoms with Crippen molar-refractivity contribution in [2.45, 2.75) is 52.0 Å². The molecule has 0 spiro atoms. The van der Waals surface area contributed by atoms with E-state index < -0.39 is 0 Å². The van der Waals surface area contributed by atoms with Crippen molar-refractivity contribution < 1.29 is 46.4 Å². The van der Waals surface area contributed by atoms with Crippen LogP contribution in [-0.2, 0) is 34.4 Å². The first kappa shape index (κ1) is 33.1. The van der Waals surface area contributed by atoms with E-state index in [1.807, 2.05) is 0 Å². The summed E-state index contributed by atoms with van der Waals surface area (Å²) >= 11 is 1.80. The second-order valence-corrected chi connectivity index (χ2v) is 25.3. The SMILES string of the molecule is CCc1ccc(-[c-]2cccc2C)cc1.CCc1ccc(-[c-]2cccc2C)cc1.[CH3][Ge]([CH3])=[Zr+2].[Cl-].[Cl-]. The van der Waals surface area contributed by atoms with Gasteiger partial charge in [-0.1, -0.05) is 74.2 Å². The number of rotatable bonds is 4. The zero-order chi connectivity index (χ0) is 23.5. The topological polar surface area (TPSA) is 0 Å². The van der Waals surface area contributed by atoms with Gasteiger partial charge in [0.25, 0.3) is 0 Å². The summed E-state index contributed by atoms with van der Waals surface area (Å²) in [6.07, 6.45) is 2.22. The van der Waals surface area contributed by atoms with E-state index in [-0.39, 0.29) is 34.8 Å². The van der Waals surface area contributed by atoms with Crippen LogP contribution in [0.1, 0.15) is 36.1 Å². The van der Waals surface area contributed by atoms with Gasteiger partial charge in [0.05, 0.1) is 0 Å². The summed E-state index contributed by atoms with van der Waals surface area (Å²) in [6.45, 7) is 8.68. The molecule has 4 aromatic rings. The maximum Gasteiger partial charge on any atom is -1.00 e. The third kappa shape index (κ3) is 10.8. The summed E-state index contributed by atoms with van der Waals surface area (Å²) < 4.78 is 0. The molecule has 4 rings (SSSR count). The van der Waals surface area contributed by atoms with Gasteiger partial charge in [-0.2, -0.15) is 12.1 Å². The minimum absolute atomic E-state index is 0. The molecule has 0 nitrogen and oxygen atoms in total. The zero-order valence-electron chi connectivity index (χ0n) is 21.3. The standard InChI is InChI=1S/2C14H15.C2H6Ge.2ClH.Zr/c2*1-3-12-7-9-13(10-8-12)14-6-4-5-11(14)2;1-3-2;;;/h2*4-10H,3H2,1-2H3;1-2H3;2*1H;/q2*-1;;;;+2/p-2. The molecule has 0 amide bonds. The van der Waals surface area contributed by atoms with Crippen molar-refractivity contribution in [2.24, 2.45) is 0 Å². The molecule has 0 radical (unpaired) electrons. The Bertz CT molecular complexity index is 1000. The molecule has 4 aromatic carbocycles. The van der Waals surface area contributed by atoms with Gasteiger partial charge in [-0.3, -0.25) is 0 Å². The number of hydrogen-bond donors (Lipinski definition) is 0. The summed E-state index contributed by atoms with van der Waals surface area (Å²) in [7, 11) is -0.243. The van der Waals surface area contributed by atoms with Crippen LogP contribution in [0.25, 0.3) is 22.3 Å². The molecule has 0 aliphatic heterocycles. The Morgan fingerprint density at radius 1 is 0.618 bits per heavy atom. The average Bonchev–Trinajstić information content (AvgIpc) is 3.42. The van der Waals surface area contributed by atoms with E-state index in [2.05, 4.69) is 124 Å². The van der Waals surface area contributed by atoms with E-state index >= 15 is 0 Å². The van der Waals surface area contributed by atoms with Crippen molar-refractivity contribution >= 4 is 9.98 Å². The van der Waals surface area contributed by atoms with Gasteiger partial charge in [0.1, 0.15) is 0 Å². The molecule has 0 heterocycles. The molecule has 0 aliphatic carbocycles. The molecule has 0 atom stereocenters. The van der Waals surface area contributed by atoms with Crippen molar-refractivity contribution in [3.63, 3.8) is 0 Å². The van der Waals surface area contributed by atoms with Crippen molar-refractivity contribution in [3.8, 4) is 22.3 Å². The van der Waals surface area contributed by atoms with Crippen molar-refractivity contribution in [1.82, 2.24) is 0 Å². The molecular weight excluding hydrogens is 595 g/mol. The molecule has 0 saturated carbocycles. The Hall–Kier alpha value is -0.854. The molecule has 180 valence electrons. The Balaban J connectivity index is 0.000000528. The summed E-state index contributed by atoms with van der Waals surface area (Å²) in [6, 6.07) is 30.6. The fourth-order valence-corrected chi connectivity index (χ4v) is 3.51. The Morgan fingerprint density at radius 3 is 1.12 bits per heavy atom. The molecule has 34 heavy (non-hydrogen) atoms. The van der Waals surface area contributed by atoms with Crippen LogP contribution < -0.4 is 24.8 Å². The smallest absolute Gasteiger partial charge is 1.00 e. The molecule has 0 N–H and O–H groups in total. The van der Waals surface area contributed by atoms with Gasteiger partial charge in [0.2, 0.25) is 0 Å². The average molecular weight is 631 g/mol. The van der Waals surface area contributed by atoms with Crippen LogP contribution in [0.2, 0.25) is 11.5 Å². The first-order valence-electron chi connectivity index (χ1n) is 11.5. The van der Waals surface area contributed by atoms with Crippen LogP contribution in [0.5, 0.6) is 0 Å². The normalized spacial score (nSPS) is 9.41. The van der Waals surface area contributed by atoms with Crippen molar-refractivity contribution in [2.75, 3.05) is 0 Å². The Kier molecular flexibility index (Phi) is 17.1. The molecule has 4 heteroatoms. The minimum Gasteiger partial charge on any atom is -1.00 e. The fraction of sp³-hybridized carbons (Fsp3) is 0.267. The van der Waals surface area contributed by atoms with E-state index in [4.69, 9.17) is 0 Å². The second kappa shape index (κ2) is 17.6. The zero-order valence-corrected chi connectivity index (χ0v) is 27.3. The van der Waals surface area contributed by atoms with Gasteiger partial charge in [-0.05, 0) is 12.8 Å². The molecule has 0 bridgehead atoms. The van der Waals surface area contributed by atoms with Crippen molar-refractivity contribution in [1.29, 1.82) is 0 Å². The van der Waals surface area contributed by atoms with Crippen LogP contribution in [0.15, 0.2) is 84.9 Å². The number of benzene rings is 2. The van der Waals surface area contributed by atoms with Crippen molar-refractivity contribution in [3.05, 3.63) is 107 Å². The van der Waals surface area contributed by atoms with Crippen LogP contribution in [0.3, 0.4) is 0 Å². The second-order valence-electron chi connectivity index (χ2n) is 8.35. The van der Waals surface area contributed by atoms with Gasteiger partial charge in [0, 0.05) is 0 Å². The first-order valence-corrected chi connectivity index (χ1v) is 23.1. The van der Waals surface area contributed by atoms with Gasteiger partial charge in [0.15, 0.2) is 0 Å². The third-order valence-corrected chi connectivity index (χ3v) is 5.41. The number of hydrogen-bond acceptors (Lipinski definition) is 0. The third-order valence-electron chi connectivity index (χ3n) is 5.41. The molecule has 0 fully saturated rings. The predicted molar refractivity (Wildman–Crippen MR) is 141 cm³/mol. The molecular formula is C30H36Cl2GeZr-2. The van der Waals surface area contributed by atoms with Gasteiger partial charge >= 0.3 is 43.1 Å². The number of aryl methyl sites for hydroxylation is 4. The summed E-state index contributed by atoms with van der Waals surface area (Å²) in [4.78, 5) is 0. The summed E-state index contributed by atoms with van der Waals surface area (Å²) in [5.41, 5.74) is 10.9. The number of halogens is 2. The Labute approximate surface area is 236 Å². The van der Waals surface area contributed by atoms with Gasteiger partial charge in [-0.15, -0.1) is 70.8 Å². The fourth-order valence-electron chi connectivity index (χ4n) is 3.51. The van der Waals surface area contributed by atoms with Crippen LogP contribution in [0, 0.1) is 13.8 Å². The summed E-state index contributed by atoms with van der Waals surface area (Å²) in [5.74, 6) is 4.75. The predicted octanol–water partition coefficient (Wildman–Crippen LogP) is 2.68. The van der Waals surface area contributed by atoms with Crippen LogP contribution >= 0.6 is 0 Å². The van der Waals surface area contributed by atoms with Gasteiger partial charge < -0.3 is 24.8 Å². The monoisotopic (exact) mass is 630 g/mol. The van der Waals surface area contributed by atoms with E-state index in [9.17, 15) is 0 Å². The maximum atomic E-state index is 2.37. The van der Waals surface area contributed by atoms with E-state index in [0.717, 1.165) is 12.8 Å². The Morgan fingerprint density at radius 2 is 0.912 bits per heavy atom. The van der Waals surface area contributed by atoms with E-state index in [1.54, 1.807) is 21.6 Å². The molecule has 0 saturated heterocycles. The summed E-state index contributed by atoms with van der Waals surface area (Å²) in [5, 5.41) is 0. The van der Waals surface area contributed by atoms with E-state index in [0.29, 0.717) is 0 Å². The minimum atomic E-state index is -0.243. The molecule has 0 aliphatic rings. The van der Waals surface area contributed by atoms with Crippen LogP contribution in [-0.4, -0.2) is 9.98 Å². The maximum absolute atomic E-state index is 2.37. The van der Waals surface area contributed by atoms with E-state index in [1.165, 1.54) is 44.5 Å².